The van der Waals surface area contributed by atoms with E-state index >= 15 is 0 Å². The third-order valence-electron chi connectivity index (χ3n) is 3.53. The molecule has 22 heavy (non-hydrogen) atoms. The van der Waals surface area contributed by atoms with E-state index in [1.54, 1.807) is 0 Å². The molecule has 0 fully saturated rings. The van der Waals surface area contributed by atoms with Crippen LogP contribution in [0.3, 0.4) is 0 Å². The van der Waals surface area contributed by atoms with Crippen LogP contribution in [0.2, 0.25) is 0 Å². The second-order valence-corrected chi connectivity index (χ2v) is 5.41. The lowest BCUT2D eigenvalue weighted by Crippen LogP contribution is -2.12. The van der Waals surface area contributed by atoms with E-state index in [2.05, 4.69) is 46.7 Å². The van der Waals surface area contributed by atoms with Crippen molar-refractivity contribution in [1.82, 2.24) is 15.5 Å². The highest BCUT2D eigenvalue weighted by atomic mass is 16.4. The Morgan fingerprint density at radius 2 is 1.82 bits per heavy atom. The maximum Gasteiger partial charge on any atom is 0.248 e. The van der Waals surface area contributed by atoms with Gasteiger partial charge in [0.2, 0.25) is 11.8 Å². The number of benzene rings is 2. The highest BCUT2D eigenvalue weighted by Crippen LogP contribution is 2.21. The van der Waals surface area contributed by atoms with Crippen LogP contribution in [0.25, 0.3) is 11.5 Å². The van der Waals surface area contributed by atoms with E-state index in [4.69, 9.17) is 4.42 Å². The molecule has 0 saturated heterocycles. The van der Waals surface area contributed by atoms with Gasteiger partial charge in [-0.2, -0.15) is 0 Å². The molecule has 0 bridgehead atoms. The van der Waals surface area contributed by atoms with Gasteiger partial charge >= 0.3 is 0 Å². The van der Waals surface area contributed by atoms with Crippen molar-refractivity contribution >= 4 is 0 Å². The van der Waals surface area contributed by atoms with E-state index < -0.39 is 0 Å². The Morgan fingerprint density at radius 3 is 2.64 bits per heavy atom. The summed E-state index contributed by atoms with van der Waals surface area (Å²) in [6, 6.07) is 16.4. The first-order valence-electron chi connectivity index (χ1n) is 7.37. The van der Waals surface area contributed by atoms with Gasteiger partial charge < -0.3 is 9.73 Å². The summed E-state index contributed by atoms with van der Waals surface area (Å²) in [5.41, 5.74) is 4.63. The smallest absolute Gasteiger partial charge is 0.248 e. The van der Waals surface area contributed by atoms with Crippen molar-refractivity contribution in [3.63, 3.8) is 0 Å². The van der Waals surface area contributed by atoms with Crippen molar-refractivity contribution in [2.75, 3.05) is 0 Å². The van der Waals surface area contributed by atoms with Crippen LogP contribution in [0.1, 0.15) is 22.6 Å². The highest BCUT2D eigenvalue weighted by molar-refractivity contribution is 5.57. The first-order chi connectivity index (χ1) is 10.7. The number of rotatable bonds is 5. The first kappa shape index (κ1) is 14.5. The maximum absolute atomic E-state index is 5.73. The van der Waals surface area contributed by atoms with Crippen LogP contribution >= 0.6 is 0 Å². The van der Waals surface area contributed by atoms with Crippen molar-refractivity contribution in [2.24, 2.45) is 0 Å². The largest absolute Gasteiger partial charge is 0.419 e. The Balaban J connectivity index is 1.62. The monoisotopic (exact) mass is 293 g/mol. The van der Waals surface area contributed by atoms with Crippen molar-refractivity contribution < 1.29 is 4.42 Å². The SMILES string of the molecule is Cc1cccc(CNCc2nnc(-c3ccccc3C)o2)c1. The van der Waals surface area contributed by atoms with Crippen LogP contribution in [0.4, 0.5) is 0 Å². The number of hydrogen-bond acceptors (Lipinski definition) is 4. The number of hydrogen-bond donors (Lipinski definition) is 1. The van der Waals surface area contributed by atoms with Gasteiger partial charge in [0.1, 0.15) is 0 Å². The van der Waals surface area contributed by atoms with Crippen molar-refractivity contribution in [1.29, 1.82) is 0 Å². The molecule has 112 valence electrons. The van der Waals surface area contributed by atoms with E-state index in [0.717, 1.165) is 17.7 Å². The third-order valence-corrected chi connectivity index (χ3v) is 3.53. The Bertz CT molecular complexity index is 764. The molecule has 4 nitrogen and oxygen atoms in total. The lowest BCUT2D eigenvalue weighted by molar-refractivity contribution is 0.477. The second kappa shape index (κ2) is 6.54. The standard InChI is InChI=1S/C18H19N3O/c1-13-6-5-8-15(10-13)11-19-12-17-20-21-18(22-17)16-9-4-3-7-14(16)2/h3-10,19H,11-12H2,1-2H3. The minimum absolute atomic E-state index is 0.562. The van der Waals surface area contributed by atoms with Gasteiger partial charge in [-0.25, -0.2) is 0 Å². The molecule has 0 radical (unpaired) electrons. The number of aromatic nitrogens is 2. The van der Waals surface area contributed by atoms with Gasteiger partial charge in [0.15, 0.2) is 0 Å². The molecule has 1 N–H and O–H groups in total. The van der Waals surface area contributed by atoms with Gasteiger partial charge in [-0.05, 0) is 31.0 Å². The zero-order chi connectivity index (χ0) is 15.4. The Hall–Kier alpha value is -2.46. The quantitative estimate of drug-likeness (QED) is 0.780. The highest BCUT2D eigenvalue weighted by Gasteiger charge is 2.09. The van der Waals surface area contributed by atoms with Gasteiger partial charge in [-0.15, -0.1) is 10.2 Å². The van der Waals surface area contributed by atoms with Crippen molar-refractivity contribution in [3.8, 4) is 11.5 Å². The predicted octanol–water partition coefficient (Wildman–Crippen LogP) is 3.64. The molecule has 0 unspecified atom stereocenters. The molecule has 0 aliphatic rings. The number of nitrogens with one attached hydrogen (secondary N) is 1. The average molecular weight is 293 g/mol. The first-order valence-corrected chi connectivity index (χ1v) is 7.37. The summed E-state index contributed by atoms with van der Waals surface area (Å²) >= 11 is 0. The molecule has 0 spiro atoms. The van der Waals surface area contributed by atoms with Crippen LogP contribution < -0.4 is 5.32 Å². The molecule has 4 heteroatoms. The fraction of sp³-hybridized carbons (Fsp3) is 0.222. The van der Waals surface area contributed by atoms with Crippen molar-refractivity contribution in [3.05, 3.63) is 71.1 Å². The Kier molecular flexibility index (Phi) is 4.30. The summed E-state index contributed by atoms with van der Waals surface area (Å²) in [6.45, 7) is 5.47. The summed E-state index contributed by atoms with van der Waals surface area (Å²) in [4.78, 5) is 0. The molecule has 3 aromatic rings. The topological polar surface area (TPSA) is 51.0 Å². The zero-order valence-corrected chi connectivity index (χ0v) is 12.8. The van der Waals surface area contributed by atoms with Gasteiger partial charge in [-0.3, -0.25) is 0 Å². The summed E-state index contributed by atoms with van der Waals surface area (Å²) in [7, 11) is 0. The Morgan fingerprint density at radius 1 is 0.955 bits per heavy atom. The fourth-order valence-corrected chi connectivity index (χ4v) is 2.38. The second-order valence-electron chi connectivity index (χ2n) is 5.41. The van der Waals surface area contributed by atoms with E-state index in [1.165, 1.54) is 11.1 Å². The molecule has 1 heterocycles. The average Bonchev–Trinajstić information content (AvgIpc) is 2.96. The minimum atomic E-state index is 0.562. The zero-order valence-electron chi connectivity index (χ0n) is 12.8. The molecular weight excluding hydrogens is 274 g/mol. The van der Waals surface area contributed by atoms with Crippen LogP contribution in [0.5, 0.6) is 0 Å². The number of nitrogens with zero attached hydrogens (tertiary/aromatic N) is 2. The molecule has 1 aromatic heterocycles. The van der Waals surface area contributed by atoms with E-state index in [0.29, 0.717) is 18.3 Å². The normalized spacial score (nSPS) is 10.8. The van der Waals surface area contributed by atoms with Gasteiger partial charge in [0.05, 0.1) is 6.54 Å². The predicted molar refractivity (Wildman–Crippen MR) is 86.2 cm³/mol. The summed E-state index contributed by atoms with van der Waals surface area (Å²) in [6.07, 6.45) is 0. The number of aryl methyl sites for hydroxylation is 2. The molecular formula is C18H19N3O. The minimum Gasteiger partial charge on any atom is -0.419 e. The maximum atomic E-state index is 5.73. The fourth-order valence-electron chi connectivity index (χ4n) is 2.38. The lowest BCUT2D eigenvalue weighted by atomic mass is 10.1. The van der Waals surface area contributed by atoms with Crippen LogP contribution in [0, 0.1) is 13.8 Å². The van der Waals surface area contributed by atoms with Crippen molar-refractivity contribution in [2.45, 2.75) is 26.9 Å². The molecule has 0 atom stereocenters. The van der Waals surface area contributed by atoms with Crippen LogP contribution in [-0.4, -0.2) is 10.2 Å². The van der Waals surface area contributed by atoms with E-state index in [9.17, 15) is 0 Å². The van der Waals surface area contributed by atoms with Crippen LogP contribution in [-0.2, 0) is 13.1 Å². The van der Waals surface area contributed by atoms with Crippen LogP contribution in [0.15, 0.2) is 52.9 Å². The Labute approximate surface area is 130 Å². The third kappa shape index (κ3) is 3.40. The summed E-state index contributed by atoms with van der Waals surface area (Å²) < 4.78 is 5.73. The molecule has 0 amide bonds. The molecule has 2 aromatic carbocycles. The molecule has 0 aliphatic carbocycles. The van der Waals surface area contributed by atoms with Gasteiger partial charge in [-0.1, -0.05) is 48.0 Å². The van der Waals surface area contributed by atoms with Gasteiger partial charge in [0.25, 0.3) is 0 Å². The van der Waals surface area contributed by atoms with E-state index in [1.807, 2.05) is 31.2 Å². The summed E-state index contributed by atoms with van der Waals surface area (Å²) in [5.74, 6) is 1.18. The van der Waals surface area contributed by atoms with Gasteiger partial charge in [0, 0.05) is 12.1 Å². The lowest BCUT2D eigenvalue weighted by Gasteiger charge is -2.03. The molecule has 0 saturated carbocycles. The van der Waals surface area contributed by atoms with E-state index in [-0.39, 0.29) is 0 Å². The molecule has 3 rings (SSSR count). The summed E-state index contributed by atoms with van der Waals surface area (Å²) in [5, 5.41) is 11.6. The molecule has 0 aliphatic heterocycles.